The number of ether oxygens (including phenoxy) is 2. The Balaban J connectivity index is 2.49. The molecule has 1 aliphatic rings. The molecule has 1 N–H and O–H groups in total. The number of amides is 1. The minimum Gasteiger partial charge on any atom is -0.444 e. The Bertz CT molecular complexity index is 360. The van der Waals surface area contributed by atoms with Crippen LogP contribution in [0.1, 0.15) is 41.0 Å². The summed E-state index contributed by atoms with van der Waals surface area (Å²) in [5.41, 5.74) is -0.461. The normalized spacial score (nSPS) is 21.8. The second-order valence-electron chi connectivity index (χ2n) is 7.51. The number of carbonyl (C=O) groups excluding carboxylic acids is 1. The molecule has 0 aromatic rings. The summed E-state index contributed by atoms with van der Waals surface area (Å²) in [5, 5.41) is 3.57. The van der Waals surface area contributed by atoms with Crippen molar-refractivity contribution < 1.29 is 14.3 Å². The monoisotopic (exact) mass is 346 g/mol. The van der Waals surface area contributed by atoms with E-state index in [1.807, 2.05) is 37.4 Å². The number of nitrogens with one attached hydrogen (secondary N) is 1. The van der Waals surface area contributed by atoms with Crippen molar-refractivity contribution in [1.29, 1.82) is 0 Å². The molecular weight excluding hydrogens is 312 g/mol. The molecule has 0 spiro atoms. The molecule has 1 saturated heterocycles. The van der Waals surface area contributed by atoms with Gasteiger partial charge in [0.1, 0.15) is 5.60 Å². The van der Waals surface area contributed by atoms with Crippen LogP contribution in [0.5, 0.6) is 0 Å². The highest BCUT2D eigenvalue weighted by Crippen LogP contribution is 2.17. The third kappa shape index (κ3) is 8.27. The summed E-state index contributed by atoms with van der Waals surface area (Å²) in [6.07, 6.45) is 2.79. The van der Waals surface area contributed by atoms with E-state index in [9.17, 15) is 4.79 Å². The first-order valence-electron chi connectivity index (χ1n) is 8.52. The fourth-order valence-electron chi connectivity index (χ4n) is 2.65. The Morgan fingerprint density at radius 1 is 1.43 bits per heavy atom. The summed E-state index contributed by atoms with van der Waals surface area (Å²) in [5.74, 6) is 1.81. The van der Waals surface area contributed by atoms with Crippen LogP contribution in [0, 0.1) is 5.92 Å². The van der Waals surface area contributed by atoms with Crippen LogP contribution in [-0.2, 0) is 9.47 Å². The van der Waals surface area contributed by atoms with E-state index in [4.69, 9.17) is 9.47 Å². The maximum atomic E-state index is 12.4. The third-order valence-electron chi connectivity index (χ3n) is 3.75. The predicted molar refractivity (Wildman–Crippen MR) is 97.2 cm³/mol. The van der Waals surface area contributed by atoms with E-state index >= 15 is 0 Å². The van der Waals surface area contributed by atoms with E-state index in [1.54, 1.807) is 0 Å². The van der Waals surface area contributed by atoms with Crippen LogP contribution in [0.25, 0.3) is 0 Å². The van der Waals surface area contributed by atoms with Crippen LogP contribution >= 0.6 is 11.8 Å². The van der Waals surface area contributed by atoms with Gasteiger partial charge in [-0.15, -0.1) is 0 Å². The second kappa shape index (κ2) is 9.74. The smallest absolute Gasteiger partial charge is 0.410 e. The number of nitrogens with zero attached hydrogens (tertiary/aromatic N) is 1. The number of carbonyl (C=O) groups is 1. The van der Waals surface area contributed by atoms with Gasteiger partial charge in [-0.3, -0.25) is 0 Å². The van der Waals surface area contributed by atoms with Crippen molar-refractivity contribution >= 4 is 17.9 Å². The van der Waals surface area contributed by atoms with Gasteiger partial charge in [-0.25, -0.2) is 4.79 Å². The molecule has 0 aromatic carbocycles. The van der Waals surface area contributed by atoms with Crippen molar-refractivity contribution in [2.45, 2.75) is 58.7 Å². The number of hydrogen-bond acceptors (Lipinski definition) is 5. The van der Waals surface area contributed by atoms with Gasteiger partial charge in [0.25, 0.3) is 0 Å². The van der Waals surface area contributed by atoms with E-state index in [2.05, 4.69) is 25.4 Å². The molecule has 0 aromatic heterocycles. The zero-order chi connectivity index (χ0) is 17.5. The Hall–Kier alpha value is -0.460. The summed E-state index contributed by atoms with van der Waals surface area (Å²) in [6, 6.07) is 0.424. The molecule has 1 aliphatic heterocycles. The highest BCUT2D eigenvalue weighted by Gasteiger charge is 2.31. The number of morpholine rings is 1. The Kier molecular flexibility index (Phi) is 8.72. The molecule has 3 unspecified atom stereocenters. The van der Waals surface area contributed by atoms with Crippen molar-refractivity contribution in [3.05, 3.63) is 0 Å². The molecule has 0 aliphatic carbocycles. The number of hydrogen-bond donors (Lipinski definition) is 1. The van der Waals surface area contributed by atoms with Crippen LogP contribution < -0.4 is 5.32 Å². The second-order valence-corrected chi connectivity index (χ2v) is 8.42. The van der Waals surface area contributed by atoms with Gasteiger partial charge in [0.15, 0.2) is 0 Å². The zero-order valence-corrected chi connectivity index (χ0v) is 16.4. The van der Waals surface area contributed by atoms with Gasteiger partial charge in [0, 0.05) is 12.6 Å². The van der Waals surface area contributed by atoms with Gasteiger partial charge < -0.3 is 19.7 Å². The summed E-state index contributed by atoms with van der Waals surface area (Å²) in [6.45, 7) is 12.9. The molecule has 1 rings (SSSR count). The average Bonchev–Trinajstić information content (AvgIpc) is 2.44. The lowest BCUT2D eigenvalue weighted by Gasteiger charge is -2.37. The maximum Gasteiger partial charge on any atom is 0.410 e. The van der Waals surface area contributed by atoms with Gasteiger partial charge >= 0.3 is 6.09 Å². The van der Waals surface area contributed by atoms with Crippen LogP contribution in [-0.4, -0.2) is 67.0 Å². The van der Waals surface area contributed by atoms with Gasteiger partial charge in [-0.05, 0) is 58.6 Å². The van der Waals surface area contributed by atoms with Crippen LogP contribution in [0.15, 0.2) is 0 Å². The lowest BCUT2D eigenvalue weighted by atomic mass is 10.1. The fraction of sp³-hybridized carbons (Fsp3) is 0.941. The SMILES string of the molecule is CSCC(C)CNC(C)CC1COCCN1C(=O)OC(C)(C)C. The molecular formula is C17H34N2O3S. The quantitative estimate of drug-likeness (QED) is 0.768. The Labute approximate surface area is 145 Å². The topological polar surface area (TPSA) is 50.8 Å². The molecule has 1 amide bonds. The Morgan fingerprint density at radius 2 is 2.13 bits per heavy atom. The summed E-state index contributed by atoms with van der Waals surface area (Å²) in [7, 11) is 0. The first-order chi connectivity index (χ1) is 10.7. The number of rotatable bonds is 7. The van der Waals surface area contributed by atoms with Crippen LogP contribution in [0.2, 0.25) is 0 Å². The van der Waals surface area contributed by atoms with E-state index < -0.39 is 5.60 Å². The summed E-state index contributed by atoms with van der Waals surface area (Å²) in [4.78, 5) is 14.2. The average molecular weight is 347 g/mol. The third-order valence-corrected chi connectivity index (χ3v) is 4.65. The minimum absolute atomic E-state index is 0.0805. The van der Waals surface area contributed by atoms with Crippen molar-refractivity contribution in [2.24, 2.45) is 5.92 Å². The van der Waals surface area contributed by atoms with Crippen molar-refractivity contribution in [3.8, 4) is 0 Å². The largest absolute Gasteiger partial charge is 0.444 e. The Morgan fingerprint density at radius 3 is 2.74 bits per heavy atom. The first kappa shape index (κ1) is 20.6. The summed E-state index contributed by atoms with van der Waals surface area (Å²) >= 11 is 1.88. The van der Waals surface area contributed by atoms with Gasteiger partial charge in [0.2, 0.25) is 0 Å². The molecule has 6 heteroatoms. The molecule has 1 fully saturated rings. The molecule has 0 saturated carbocycles. The summed E-state index contributed by atoms with van der Waals surface area (Å²) < 4.78 is 11.1. The fourth-order valence-corrected chi connectivity index (χ4v) is 3.34. The van der Waals surface area contributed by atoms with Crippen LogP contribution in [0.4, 0.5) is 4.79 Å². The standard InChI is InChI=1S/C17H34N2O3S/c1-13(12-23-6)10-18-14(2)9-15-11-21-8-7-19(15)16(20)22-17(3,4)5/h13-15,18H,7-12H2,1-6H3. The van der Waals surface area contributed by atoms with E-state index in [-0.39, 0.29) is 12.1 Å². The van der Waals surface area contributed by atoms with Crippen molar-refractivity contribution in [3.63, 3.8) is 0 Å². The molecule has 0 bridgehead atoms. The van der Waals surface area contributed by atoms with E-state index in [0.717, 1.165) is 18.7 Å². The van der Waals surface area contributed by atoms with Gasteiger partial charge in [-0.1, -0.05) is 6.92 Å². The van der Waals surface area contributed by atoms with Crippen molar-refractivity contribution in [2.75, 3.05) is 38.3 Å². The molecule has 23 heavy (non-hydrogen) atoms. The lowest BCUT2D eigenvalue weighted by molar-refractivity contribution is -0.0356. The minimum atomic E-state index is -0.461. The molecule has 0 radical (unpaired) electrons. The molecule has 5 nitrogen and oxygen atoms in total. The first-order valence-corrected chi connectivity index (χ1v) is 9.92. The van der Waals surface area contributed by atoms with Gasteiger partial charge in [-0.2, -0.15) is 11.8 Å². The van der Waals surface area contributed by atoms with Crippen LogP contribution in [0.3, 0.4) is 0 Å². The molecule has 3 atom stereocenters. The predicted octanol–water partition coefficient (Wildman–Crippen LogP) is 2.99. The van der Waals surface area contributed by atoms with Gasteiger partial charge in [0.05, 0.1) is 19.3 Å². The maximum absolute atomic E-state index is 12.4. The highest BCUT2D eigenvalue weighted by atomic mass is 32.2. The van der Waals surface area contributed by atoms with Crippen molar-refractivity contribution in [1.82, 2.24) is 10.2 Å². The van der Waals surface area contributed by atoms with E-state index in [1.165, 1.54) is 0 Å². The molecule has 136 valence electrons. The number of thioether (sulfide) groups is 1. The lowest BCUT2D eigenvalue weighted by Crippen LogP contribution is -2.52. The van der Waals surface area contributed by atoms with E-state index in [0.29, 0.717) is 31.7 Å². The highest BCUT2D eigenvalue weighted by molar-refractivity contribution is 7.98. The molecule has 1 heterocycles. The zero-order valence-electron chi connectivity index (χ0n) is 15.6.